The van der Waals surface area contributed by atoms with E-state index in [1.165, 1.54) is 12.8 Å². The van der Waals surface area contributed by atoms with Crippen LogP contribution in [-0.2, 0) is 4.79 Å². The monoisotopic (exact) mass is 311 g/mol. The van der Waals surface area contributed by atoms with Crippen LogP contribution in [0.4, 0.5) is 5.69 Å². The lowest BCUT2D eigenvalue weighted by atomic mass is 10.2. The summed E-state index contributed by atoms with van der Waals surface area (Å²) in [5.41, 5.74) is 0.796. The highest BCUT2D eigenvalue weighted by molar-refractivity contribution is 9.10. The van der Waals surface area contributed by atoms with Crippen LogP contribution in [0.3, 0.4) is 0 Å². The summed E-state index contributed by atoms with van der Waals surface area (Å²) in [6.07, 6.45) is 5.20. The summed E-state index contributed by atoms with van der Waals surface area (Å²) in [7, 11) is 0. The van der Waals surface area contributed by atoms with Crippen LogP contribution in [0.5, 0.6) is 5.75 Å². The Morgan fingerprint density at radius 1 is 1.33 bits per heavy atom. The van der Waals surface area contributed by atoms with Crippen LogP contribution in [-0.4, -0.2) is 16.8 Å². The number of nitrogens with one attached hydrogen (secondary N) is 1. The van der Waals surface area contributed by atoms with Crippen LogP contribution in [0, 0.1) is 0 Å². The Kier molecular flexibility index (Phi) is 4.64. The van der Waals surface area contributed by atoms with Gasteiger partial charge in [0.25, 0.3) is 0 Å². The maximum atomic E-state index is 11.5. The van der Waals surface area contributed by atoms with E-state index in [1.54, 1.807) is 6.92 Å². The summed E-state index contributed by atoms with van der Waals surface area (Å²) in [5.74, 6) is 0.839. The van der Waals surface area contributed by atoms with E-state index >= 15 is 0 Å². The van der Waals surface area contributed by atoms with Crippen molar-refractivity contribution in [3.05, 3.63) is 24.3 Å². The van der Waals surface area contributed by atoms with Crippen molar-refractivity contribution in [2.45, 2.75) is 43.5 Å². The Balaban J connectivity index is 1.90. The van der Waals surface area contributed by atoms with Crippen molar-refractivity contribution in [3.8, 4) is 5.75 Å². The molecule has 3 nitrogen and oxygen atoms in total. The molecule has 1 amide bonds. The number of rotatable bonds is 4. The molecule has 1 aliphatic rings. The fraction of sp³-hybridized carbons (Fsp3) is 0.500. The third-order valence-corrected chi connectivity index (χ3v) is 3.50. The molecule has 1 N–H and O–H groups in total. The number of carbonyl (C=O) groups is 1. The molecule has 2 rings (SSSR count). The van der Waals surface area contributed by atoms with Crippen molar-refractivity contribution >= 4 is 27.5 Å². The molecule has 1 unspecified atom stereocenters. The molecule has 0 bridgehead atoms. The normalized spacial score (nSPS) is 17.4. The molecule has 0 aromatic heterocycles. The second-order valence-electron chi connectivity index (χ2n) is 4.65. The smallest absolute Gasteiger partial charge is 0.237 e. The summed E-state index contributed by atoms with van der Waals surface area (Å²) in [4.78, 5) is 11.3. The van der Waals surface area contributed by atoms with Gasteiger partial charge >= 0.3 is 0 Å². The highest BCUT2D eigenvalue weighted by Gasteiger charge is 2.16. The Morgan fingerprint density at radius 2 is 1.94 bits per heavy atom. The van der Waals surface area contributed by atoms with Crippen LogP contribution in [0.1, 0.15) is 32.6 Å². The van der Waals surface area contributed by atoms with E-state index in [9.17, 15) is 4.79 Å². The molecule has 0 spiro atoms. The number of halogens is 1. The van der Waals surface area contributed by atoms with Crippen LogP contribution in [0.15, 0.2) is 24.3 Å². The van der Waals surface area contributed by atoms with E-state index in [0.717, 1.165) is 24.3 Å². The third kappa shape index (κ3) is 3.73. The molecule has 18 heavy (non-hydrogen) atoms. The minimum Gasteiger partial charge on any atom is -0.490 e. The summed E-state index contributed by atoms with van der Waals surface area (Å²) < 4.78 is 5.86. The molecule has 0 radical (unpaired) electrons. The molecule has 98 valence electrons. The van der Waals surface area contributed by atoms with Crippen molar-refractivity contribution in [2.24, 2.45) is 0 Å². The van der Waals surface area contributed by atoms with Gasteiger partial charge in [-0.2, -0.15) is 0 Å². The summed E-state index contributed by atoms with van der Waals surface area (Å²) in [6, 6.07) is 7.56. The average Bonchev–Trinajstić information content (AvgIpc) is 2.84. The van der Waals surface area contributed by atoms with E-state index in [4.69, 9.17) is 4.74 Å². The van der Waals surface area contributed by atoms with Crippen molar-refractivity contribution < 1.29 is 9.53 Å². The molecule has 1 fully saturated rings. The molecule has 0 aliphatic heterocycles. The Morgan fingerprint density at radius 3 is 2.50 bits per heavy atom. The zero-order chi connectivity index (χ0) is 13.0. The van der Waals surface area contributed by atoms with Gasteiger partial charge in [0.1, 0.15) is 5.75 Å². The third-order valence-electron chi connectivity index (χ3n) is 3.09. The van der Waals surface area contributed by atoms with Crippen molar-refractivity contribution in [2.75, 3.05) is 5.32 Å². The van der Waals surface area contributed by atoms with E-state index in [1.807, 2.05) is 24.3 Å². The van der Waals surface area contributed by atoms with Crippen molar-refractivity contribution in [1.29, 1.82) is 0 Å². The molecular weight excluding hydrogens is 294 g/mol. The molecule has 1 aromatic rings. The van der Waals surface area contributed by atoms with E-state index in [0.29, 0.717) is 6.10 Å². The van der Waals surface area contributed by atoms with Gasteiger partial charge in [0.05, 0.1) is 10.9 Å². The second kappa shape index (κ2) is 6.23. The van der Waals surface area contributed by atoms with Crippen molar-refractivity contribution in [3.63, 3.8) is 0 Å². The first-order valence-corrected chi connectivity index (χ1v) is 7.28. The molecule has 0 saturated heterocycles. The predicted molar refractivity (Wildman–Crippen MR) is 76.3 cm³/mol. The largest absolute Gasteiger partial charge is 0.490 e. The fourth-order valence-electron chi connectivity index (χ4n) is 2.06. The van der Waals surface area contributed by atoms with Gasteiger partial charge in [-0.25, -0.2) is 0 Å². The molecule has 1 atom stereocenters. The molecule has 0 heterocycles. The van der Waals surface area contributed by atoms with E-state index < -0.39 is 0 Å². The van der Waals surface area contributed by atoms with Crippen LogP contribution in [0.2, 0.25) is 0 Å². The Bertz CT molecular complexity index is 397. The summed E-state index contributed by atoms with van der Waals surface area (Å²) in [5, 5.41) is 2.82. The number of carbonyl (C=O) groups excluding carboxylic acids is 1. The average molecular weight is 312 g/mol. The highest BCUT2D eigenvalue weighted by atomic mass is 79.9. The van der Waals surface area contributed by atoms with Crippen LogP contribution < -0.4 is 10.1 Å². The summed E-state index contributed by atoms with van der Waals surface area (Å²) >= 11 is 3.23. The topological polar surface area (TPSA) is 38.3 Å². The zero-order valence-corrected chi connectivity index (χ0v) is 12.1. The first-order valence-electron chi connectivity index (χ1n) is 6.37. The molecule has 1 saturated carbocycles. The van der Waals surface area contributed by atoms with Gasteiger partial charge in [-0.3, -0.25) is 4.79 Å². The standard InChI is InChI=1S/C14H18BrNO2/c1-10(15)14(17)16-11-6-8-13(9-7-11)18-12-4-2-3-5-12/h6-10,12H,2-5H2,1H3,(H,16,17). The number of anilines is 1. The molecule has 1 aromatic carbocycles. The van der Waals surface area contributed by atoms with Gasteiger partial charge < -0.3 is 10.1 Å². The van der Waals surface area contributed by atoms with Gasteiger partial charge in [0.15, 0.2) is 0 Å². The summed E-state index contributed by atoms with van der Waals surface area (Å²) in [6.45, 7) is 1.80. The number of amides is 1. The lowest BCUT2D eigenvalue weighted by Gasteiger charge is -2.13. The van der Waals surface area contributed by atoms with Gasteiger partial charge in [-0.05, 0) is 56.9 Å². The maximum absolute atomic E-state index is 11.5. The van der Waals surface area contributed by atoms with Gasteiger partial charge in [0.2, 0.25) is 5.91 Å². The maximum Gasteiger partial charge on any atom is 0.237 e. The van der Waals surface area contributed by atoms with Gasteiger partial charge in [0, 0.05) is 5.69 Å². The first kappa shape index (κ1) is 13.4. The molecule has 4 heteroatoms. The molecular formula is C14H18BrNO2. The number of alkyl halides is 1. The van der Waals surface area contributed by atoms with E-state index in [-0.39, 0.29) is 10.7 Å². The lowest BCUT2D eigenvalue weighted by Crippen LogP contribution is -2.19. The quantitative estimate of drug-likeness (QED) is 0.860. The van der Waals surface area contributed by atoms with Gasteiger partial charge in [-0.1, -0.05) is 15.9 Å². The molecule has 1 aliphatic carbocycles. The first-order chi connectivity index (χ1) is 8.65. The number of benzene rings is 1. The second-order valence-corrected chi connectivity index (χ2v) is 6.03. The van der Waals surface area contributed by atoms with Crippen LogP contribution >= 0.6 is 15.9 Å². The van der Waals surface area contributed by atoms with E-state index in [2.05, 4.69) is 21.2 Å². The number of hydrogen-bond donors (Lipinski definition) is 1. The minimum atomic E-state index is -0.188. The number of ether oxygens (including phenoxy) is 1. The Hall–Kier alpha value is -1.03. The number of hydrogen-bond acceptors (Lipinski definition) is 2. The Labute approximate surface area is 116 Å². The zero-order valence-electron chi connectivity index (χ0n) is 10.5. The minimum absolute atomic E-state index is 0.0422. The highest BCUT2D eigenvalue weighted by Crippen LogP contribution is 2.25. The predicted octanol–water partition coefficient (Wildman–Crippen LogP) is 3.73. The SMILES string of the molecule is CC(Br)C(=O)Nc1ccc(OC2CCCC2)cc1. The fourth-order valence-corrected chi connectivity index (χ4v) is 2.17. The van der Waals surface area contributed by atoms with Crippen molar-refractivity contribution in [1.82, 2.24) is 0 Å². The van der Waals surface area contributed by atoms with Crippen LogP contribution in [0.25, 0.3) is 0 Å². The lowest BCUT2D eigenvalue weighted by molar-refractivity contribution is -0.115. The van der Waals surface area contributed by atoms with Gasteiger partial charge in [-0.15, -0.1) is 0 Å².